The molecule has 0 saturated carbocycles. The molecule has 2 unspecified atom stereocenters. The number of hydrogen-bond donors (Lipinski definition) is 1. The maximum absolute atomic E-state index is 3.47. The van der Waals surface area contributed by atoms with Gasteiger partial charge in [-0.25, -0.2) is 0 Å². The number of nitrogens with one attached hydrogen (secondary N) is 1. The van der Waals surface area contributed by atoms with Gasteiger partial charge in [-0.3, -0.25) is 0 Å². The first-order valence-corrected chi connectivity index (χ1v) is 5.41. The van der Waals surface area contributed by atoms with E-state index in [2.05, 4.69) is 17.1 Å². The molecular formula is C8H15NS. The lowest BCUT2D eigenvalue weighted by atomic mass is 9.86. The van der Waals surface area contributed by atoms with Gasteiger partial charge in [-0.05, 0) is 49.3 Å². The zero-order valence-electron chi connectivity index (χ0n) is 6.31. The number of thioether (sulfide) groups is 1. The Morgan fingerprint density at radius 2 is 2.20 bits per heavy atom. The summed E-state index contributed by atoms with van der Waals surface area (Å²) in [4.78, 5) is 0. The monoisotopic (exact) mass is 157 g/mol. The van der Waals surface area contributed by atoms with E-state index in [0.717, 1.165) is 11.8 Å². The van der Waals surface area contributed by atoms with Gasteiger partial charge in [0.2, 0.25) is 0 Å². The molecule has 2 aliphatic rings. The molecule has 2 fully saturated rings. The van der Waals surface area contributed by atoms with Gasteiger partial charge >= 0.3 is 0 Å². The van der Waals surface area contributed by atoms with Crippen LogP contribution in [0.4, 0.5) is 0 Å². The van der Waals surface area contributed by atoms with E-state index < -0.39 is 0 Å². The highest BCUT2D eigenvalue weighted by Crippen LogP contribution is 2.31. The molecule has 0 amide bonds. The van der Waals surface area contributed by atoms with Gasteiger partial charge in [0, 0.05) is 0 Å². The van der Waals surface area contributed by atoms with Crippen molar-refractivity contribution in [3.63, 3.8) is 0 Å². The molecule has 1 nitrogen and oxygen atoms in total. The van der Waals surface area contributed by atoms with Crippen LogP contribution >= 0.6 is 11.8 Å². The summed E-state index contributed by atoms with van der Waals surface area (Å²) >= 11 is 2.15. The summed E-state index contributed by atoms with van der Waals surface area (Å²) in [5, 5.41) is 3.47. The van der Waals surface area contributed by atoms with Gasteiger partial charge in [0.25, 0.3) is 0 Å². The van der Waals surface area contributed by atoms with E-state index >= 15 is 0 Å². The molecule has 0 aliphatic carbocycles. The summed E-state index contributed by atoms with van der Waals surface area (Å²) in [6.45, 7) is 2.56. The average molecular weight is 157 g/mol. The summed E-state index contributed by atoms with van der Waals surface area (Å²) in [5.74, 6) is 4.92. The first-order chi connectivity index (χ1) is 4.97. The van der Waals surface area contributed by atoms with Crippen molar-refractivity contribution in [1.29, 1.82) is 0 Å². The molecule has 10 heavy (non-hydrogen) atoms. The Labute approximate surface area is 67.0 Å². The van der Waals surface area contributed by atoms with Crippen LogP contribution in [0.15, 0.2) is 0 Å². The Bertz CT molecular complexity index is 89.8. The van der Waals surface area contributed by atoms with E-state index in [4.69, 9.17) is 0 Å². The fraction of sp³-hybridized carbons (Fsp3) is 1.00. The molecule has 0 radical (unpaired) electrons. The van der Waals surface area contributed by atoms with Crippen LogP contribution in [0, 0.1) is 11.8 Å². The van der Waals surface area contributed by atoms with Crippen molar-refractivity contribution in [2.45, 2.75) is 12.8 Å². The predicted molar refractivity (Wildman–Crippen MR) is 46.4 cm³/mol. The molecule has 0 aromatic rings. The summed E-state index contributed by atoms with van der Waals surface area (Å²) < 4.78 is 0. The zero-order chi connectivity index (χ0) is 6.81. The van der Waals surface area contributed by atoms with Crippen LogP contribution < -0.4 is 5.32 Å². The molecule has 2 heterocycles. The molecule has 2 heteroatoms. The standard InChI is InChI=1S/C8H15NS/c1-3-9-5-7-2-4-10-6-8(1)7/h7-9H,1-6H2. The van der Waals surface area contributed by atoms with E-state index in [-0.39, 0.29) is 0 Å². The van der Waals surface area contributed by atoms with Crippen molar-refractivity contribution in [3.8, 4) is 0 Å². The maximum atomic E-state index is 3.47. The molecule has 58 valence electrons. The molecule has 2 saturated heterocycles. The third kappa shape index (κ3) is 1.32. The average Bonchev–Trinajstić information content (AvgIpc) is 2.05. The molecule has 1 N–H and O–H groups in total. The van der Waals surface area contributed by atoms with Crippen molar-refractivity contribution in [2.24, 2.45) is 11.8 Å². The normalized spacial score (nSPS) is 40.8. The van der Waals surface area contributed by atoms with E-state index in [0.29, 0.717) is 0 Å². The molecule has 0 spiro atoms. The molecule has 2 atom stereocenters. The first-order valence-electron chi connectivity index (χ1n) is 4.25. The Morgan fingerprint density at radius 1 is 1.20 bits per heavy atom. The minimum atomic E-state index is 1.02. The third-order valence-corrected chi connectivity index (χ3v) is 3.92. The van der Waals surface area contributed by atoms with E-state index in [1.807, 2.05) is 0 Å². The van der Waals surface area contributed by atoms with Crippen LogP contribution in [-0.4, -0.2) is 24.6 Å². The van der Waals surface area contributed by atoms with Crippen LogP contribution in [0.1, 0.15) is 12.8 Å². The number of hydrogen-bond acceptors (Lipinski definition) is 2. The lowest BCUT2D eigenvalue weighted by Crippen LogP contribution is -2.39. The minimum Gasteiger partial charge on any atom is -0.316 e. The summed E-state index contributed by atoms with van der Waals surface area (Å²) in [7, 11) is 0. The van der Waals surface area contributed by atoms with Gasteiger partial charge in [0.05, 0.1) is 0 Å². The van der Waals surface area contributed by atoms with E-state index in [9.17, 15) is 0 Å². The third-order valence-electron chi connectivity index (χ3n) is 2.73. The van der Waals surface area contributed by atoms with Gasteiger partial charge in [0.1, 0.15) is 0 Å². The second-order valence-electron chi connectivity index (χ2n) is 3.38. The van der Waals surface area contributed by atoms with Crippen LogP contribution in [0.3, 0.4) is 0 Å². The highest BCUT2D eigenvalue weighted by Gasteiger charge is 2.27. The van der Waals surface area contributed by atoms with Crippen molar-refractivity contribution in [1.82, 2.24) is 5.32 Å². The van der Waals surface area contributed by atoms with Crippen LogP contribution in [-0.2, 0) is 0 Å². The first kappa shape index (κ1) is 6.99. The summed E-state index contributed by atoms with van der Waals surface area (Å²) in [6, 6.07) is 0. The van der Waals surface area contributed by atoms with Crippen molar-refractivity contribution < 1.29 is 0 Å². The van der Waals surface area contributed by atoms with Gasteiger partial charge in [-0.15, -0.1) is 0 Å². The van der Waals surface area contributed by atoms with Gasteiger partial charge in [0.15, 0.2) is 0 Å². The maximum Gasteiger partial charge on any atom is -0.00173 e. The minimum absolute atomic E-state index is 1.02. The Balaban J connectivity index is 1.93. The fourth-order valence-corrected chi connectivity index (χ4v) is 3.38. The van der Waals surface area contributed by atoms with Gasteiger partial charge in [-0.1, -0.05) is 0 Å². The lowest BCUT2D eigenvalue weighted by Gasteiger charge is -2.35. The second-order valence-corrected chi connectivity index (χ2v) is 4.53. The predicted octanol–water partition coefficient (Wildman–Crippen LogP) is 1.35. The van der Waals surface area contributed by atoms with Crippen molar-refractivity contribution in [3.05, 3.63) is 0 Å². The summed E-state index contributed by atoms with van der Waals surface area (Å²) in [6.07, 6.45) is 2.89. The van der Waals surface area contributed by atoms with Gasteiger partial charge < -0.3 is 5.32 Å². The smallest absolute Gasteiger partial charge is 0.00173 e. The Morgan fingerprint density at radius 3 is 3.10 bits per heavy atom. The van der Waals surface area contributed by atoms with Crippen LogP contribution in [0.25, 0.3) is 0 Å². The quantitative estimate of drug-likeness (QED) is 0.569. The number of fused-ring (bicyclic) bond motifs is 1. The summed E-state index contributed by atoms with van der Waals surface area (Å²) in [5.41, 5.74) is 0. The lowest BCUT2D eigenvalue weighted by molar-refractivity contribution is 0.267. The van der Waals surface area contributed by atoms with E-state index in [1.54, 1.807) is 0 Å². The highest BCUT2D eigenvalue weighted by atomic mass is 32.2. The molecular weight excluding hydrogens is 142 g/mol. The Kier molecular flexibility index (Phi) is 2.19. The number of rotatable bonds is 0. The zero-order valence-corrected chi connectivity index (χ0v) is 7.12. The molecule has 2 rings (SSSR count). The van der Waals surface area contributed by atoms with Crippen LogP contribution in [0.2, 0.25) is 0 Å². The van der Waals surface area contributed by atoms with Crippen molar-refractivity contribution >= 4 is 11.8 Å². The highest BCUT2D eigenvalue weighted by molar-refractivity contribution is 7.99. The molecule has 0 bridgehead atoms. The van der Waals surface area contributed by atoms with Gasteiger partial charge in [-0.2, -0.15) is 11.8 Å². The largest absolute Gasteiger partial charge is 0.316 e. The SMILES string of the molecule is C1CC2CSCCC2CN1. The fourth-order valence-electron chi connectivity index (χ4n) is 2.00. The Hall–Kier alpha value is 0.310. The topological polar surface area (TPSA) is 12.0 Å². The van der Waals surface area contributed by atoms with Crippen LogP contribution in [0.5, 0.6) is 0 Å². The number of piperidine rings is 1. The second kappa shape index (κ2) is 3.14. The van der Waals surface area contributed by atoms with E-state index in [1.165, 1.54) is 37.4 Å². The van der Waals surface area contributed by atoms with Crippen molar-refractivity contribution in [2.75, 3.05) is 24.6 Å². The molecule has 0 aromatic heterocycles. The molecule has 0 aromatic carbocycles. The molecule has 2 aliphatic heterocycles.